The minimum atomic E-state index is 0.409. The van der Waals surface area contributed by atoms with Crippen LogP contribution in [0.4, 0.5) is 11.8 Å². The summed E-state index contributed by atoms with van der Waals surface area (Å²) >= 11 is 0. The molecule has 25 heavy (non-hydrogen) atoms. The van der Waals surface area contributed by atoms with Crippen molar-refractivity contribution in [2.45, 2.75) is 25.7 Å². The number of rotatable bonds is 4. The van der Waals surface area contributed by atoms with Crippen molar-refractivity contribution in [2.24, 2.45) is 0 Å². The van der Waals surface area contributed by atoms with E-state index in [-0.39, 0.29) is 0 Å². The molecule has 2 aromatic rings. The maximum Gasteiger partial charge on any atom is 0.222 e. The number of fused-ring (bicyclic) bond motifs is 1. The molecule has 6 nitrogen and oxygen atoms in total. The van der Waals surface area contributed by atoms with Crippen molar-refractivity contribution in [1.29, 1.82) is 0 Å². The third-order valence-electron chi connectivity index (χ3n) is 5.03. The summed E-state index contributed by atoms with van der Waals surface area (Å²) in [6.45, 7) is 5.09. The second-order valence-electron chi connectivity index (χ2n) is 6.74. The first kappa shape index (κ1) is 16.1. The average molecular weight is 339 g/mol. The standard InChI is InChI=1S/C19H25N5O/c20-19-21-17-8-13-23(9-3-5-15-6-4-14-25-15)12-7-16(17)18(22-19)24-10-1-2-11-24/h3-6,14H,1-2,7-13H2,(H2,20,21,22). The van der Waals surface area contributed by atoms with Crippen LogP contribution in [0.1, 0.15) is 29.9 Å². The molecule has 2 aliphatic rings. The Labute approximate surface area is 148 Å². The molecule has 2 aromatic heterocycles. The number of anilines is 2. The fourth-order valence-corrected chi connectivity index (χ4v) is 3.72. The molecular formula is C19H25N5O. The van der Waals surface area contributed by atoms with Gasteiger partial charge in [0.2, 0.25) is 5.95 Å². The number of hydrogen-bond acceptors (Lipinski definition) is 6. The zero-order valence-corrected chi connectivity index (χ0v) is 14.5. The summed E-state index contributed by atoms with van der Waals surface area (Å²) < 4.78 is 5.34. The van der Waals surface area contributed by atoms with Gasteiger partial charge in [0.1, 0.15) is 11.6 Å². The molecule has 2 N–H and O–H groups in total. The van der Waals surface area contributed by atoms with E-state index < -0.39 is 0 Å². The largest absolute Gasteiger partial charge is 0.465 e. The van der Waals surface area contributed by atoms with Crippen LogP contribution in [0.3, 0.4) is 0 Å². The number of nitrogens with zero attached hydrogens (tertiary/aromatic N) is 4. The van der Waals surface area contributed by atoms with Gasteiger partial charge < -0.3 is 15.1 Å². The summed E-state index contributed by atoms with van der Waals surface area (Å²) in [4.78, 5) is 13.9. The molecule has 0 amide bonds. The van der Waals surface area contributed by atoms with Gasteiger partial charge in [-0.05, 0) is 37.5 Å². The molecule has 0 spiro atoms. The van der Waals surface area contributed by atoms with Gasteiger partial charge in [0.25, 0.3) is 0 Å². The van der Waals surface area contributed by atoms with Crippen molar-refractivity contribution in [1.82, 2.24) is 14.9 Å². The van der Waals surface area contributed by atoms with Crippen LogP contribution in [0.25, 0.3) is 6.08 Å². The molecule has 132 valence electrons. The van der Waals surface area contributed by atoms with Crippen LogP contribution < -0.4 is 10.6 Å². The molecule has 0 bridgehead atoms. The first-order valence-electron chi connectivity index (χ1n) is 9.12. The Morgan fingerprint density at radius 3 is 2.76 bits per heavy atom. The predicted octanol–water partition coefficient (Wildman–Crippen LogP) is 2.37. The highest BCUT2D eigenvalue weighted by atomic mass is 16.3. The topological polar surface area (TPSA) is 71.4 Å². The van der Waals surface area contributed by atoms with Gasteiger partial charge in [0.15, 0.2) is 0 Å². The second-order valence-corrected chi connectivity index (χ2v) is 6.74. The molecule has 4 heterocycles. The number of hydrogen-bond donors (Lipinski definition) is 1. The fourth-order valence-electron chi connectivity index (χ4n) is 3.72. The molecule has 2 aliphatic heterocycles. The lowest BCUT2D eigenvalue weighted by atomic mass is 10.1. The normalized spacial score (nSPS) is 18.6. The minimum absolute atomic E-state index is 0.409. The smallest absolute Gasteiger partial charge is 0.222 e. The minimum Gasteiger partial charge on any atom is -0.465 e. The quantitative estimate of drug-likeness (QED) is 0.922. The Kier molecular flexibility index (Phi) is 4.70. The number of nitrogen functional groups attached to an aromatic ring is 1. The van der Waals surface area contributed by atoms with Crippen LogP contribution in [0.2, 0.25) is 0 Å². The van der Waals surface area contributed by atoms with Crippen molar-refractivity contribution in [3.8, 4) is 0 Å². The highest BCUT2D eigenvalue weighted by Gasteiger charge is 2.23. The van der Waals surface area contributed by atoms with Gasteiger partial charge in [-0.1, -0.05) is 6.08 Å². The van der Waals surface area contributed by atoms with E-state index in [4.69, 9.17) is 10.2 Å². The monoisotopic (exact) mass is 339 g/mol. The van der Waals surface area contributed by atoms with E-state index in [1.165, 1.54) is 18.4 Å². The summed E-state index contributed by atoms with van der Waals surface area (Å²) in [5, 5.41) is 0. The van der Waals surface area contributed by atoms with E-state index in [9.17, 15) is 0 Å². The maximum absolute atomic E-state index is 5.99. The van der Waals surface area contributed by atoms with Crippen LogP contribution in [-0.4, -0.2) is 47.6 Å². The Balaban J connectivity index is 1.46. The van der Waals surface area contributed by atoms with Gasteiger partial charge in [0.05, 0.1) is 12.0 Å². The van der Waals surface area contributed by atoms with Crippen LogP contribution in [0.5, 0.6) is 0 Å². The first-order valence-corrected chi connectivity index (χ1v) is 9.12. The van der Waals surface area contributed by atoms with Gasteiger partial charge in [-0.3, -0.25) is 4.90 Å². The Morgan fingerprint density at radius 1 is 1.12 bits per heavy atom. The van der Waals surface area contributed by atoms with E-state index >= 15 is 0 Å². The average Bonchev–Trinajstić information content (AvgIpc) is 3.28. The highest BCUT2D eigenvalue weighted by molar-refractivity contribution is 5.53. The maximum atomic E-state index is 5.99. The number of aromatic nitrogens is 2. The number of furan rings is 1. The van der Waals surface area contributed by atoms with Crippen molar-refractivity contribution < 1.29 is 4.42 Å². The molecule has 4 rings (SSSR count). The summed E-state index contributed by atoms with van der Waals surface area (Å²) in [5.41, 5.74) is 8.42. The second kappa shape index (κ2) is 7.27. The molecular weight excluding hydrogens is 314 g/mol. The zero-order valence-electron chi connectivity index (χ0n) is 14.5. The molecule has 0 atom stereocenters. The van der Waals surface area contributed by atoms with E-state index in [1.807, 2.05) is 18.2 Å². The molecule has 1 saturated heterocycles. The molecule has 0 saturated carbocycles. The highest BCUT2D eigenvalue weighted by Crippen LogP contribution is 2.28. The molecule has 0 unspecified atom stereocenters. The van der Waals surface area contributed by atoms with E-state index in [2.05, 4.69) is 25.8 Å². The predicted molar refractivity (Wildman–Crippen MR) is 99.5 cm³/mol. The summed E-state index contributed by atoms with van der Waals surface area (Å²) in [5.74, 6) is 2.38. The molecule has 0 aliphatic carbocycles. The van der Waals surface area contributed by atoms with E-state index in [0.29, 0.717) is 5.95 Å². The Bertz CT molecular complexity index is 735. The van der Waals surface area contributed by atoms with Crippen molar-refractivity contribution in [3.05, 3.63) is 41.5 Å². The van der Waals surface area contributed by atoms with Gasteiger partial charge in [-0.25, -0.2) is 4.98 Å². The van der Waals surface area contributed by atoms with Gasteiger partial charge >= 0.3 is 0 Å². The molecule has 6 heteroatoms. The Hall–Kier alpha value is -2.34. The zero-order chi connectivity index (χ0) is 17.1. The fraction of sp³-hybridized carbons (Fsp3) is 0.474. The summed E-state index contributed by atoms with van der Waals surface area (Å²) in [6.07, 6.45) is 10.3. The SMILES string of the molecule is Nc1nc2c(c(N3CCCC3)n1)CCN(CC=Cc1ccco1)CC2. The molecule has 0 radical (unpaired) electrons. The van der Waals surface area contributed by atoms with Crippen LogP contribution in [-0.2, 0) is 12.8 Å². The third-order valence-corrected chi connectivity index (χ3v) is 5.03. The van der Waals surface area contributed by atoms with Gasteiger partial charge in [-0.2, -0.15) is 4.98 Å². The van der Waals surface area contributed by atoms with E-state index in [1.54, 1.807) is 6.26 Å². The lowest BCUT2D eigenvalue weighted by molar-refractivity contribution is 0.318. The lowest BCUT2D eigenvalue weighted by Gasteiger charge is -2.21. The third kappa shape index (κ3) is 3.69. The molecule has 0 aromatic carbocycles. The van der Waals surface area contributed by atoms with Crippen LogP contribution in [0.15, 0.2) is 28.9 Å². The lowest BCUT2D eigenvalue weighted by Crippen LogP contribution is -2.26. The van der Waals surface area contributed by atoms with E-state index in [0.717, 1.165) is 62.8 Å². The van der Waals surface area contributed by atoms with Gasteiger partial charge in [-0.15, -0.1) is 0 Å². The first-order chi connectivity index (χ1) is 12.3. The van der Waals surface area contributed by atoms with Crippen molar-refractivity contribution in [2.75, 3.05) is 43.4 Å². The van der Waals surface area contributed by atoms with Gasteiger partial charge in [0, 0.05) is 44.7 Å². The summed E-state index contributed by atoms with van der Waals surface area (Å²) in [6, 6.07) is 3.88. The van der Waals surface area contributed by atoms with Crippen molar-refractivity contribution in [3.63, 3.8) is 0 Å². The van der Waals surface area contributed by atoms with Crippen LogP contribution in [0, 0.1) is 0 Å². The van der Waals surface area contributed by atoms with Crippen molar-refractivity contribution >= 4 is 17.8 Å². The number of nitrogens with two attached hydrogens (primary N) is 1. The van der Waals surface area contributed by atoms with Crippen LogP contribution >= 0.6 is 0 Å². The molecule has 1 fully saturated rings. The summed E-state index contributed by atoms with van der Waals surface area (Å²) in [7, 11) is 0. The Morgan fingerprint density at radius 2 is 1.96 bits per heavy atom.